The van der Waals surface area contributed by atoms with Crippen LogP contribution in [0.2, 0.25) is 0 Å². The second-order valence-corrected chi connectivity index (χ2v) is 6.48. The van der Waals surface area contributed by atoms with Crippen molar-refractivity contribution < 1.29 is 23.1 Å². The number of hydrogen-bond donors (Lipinski definition) is 2. The van der Waals surface area contributed by atoms with Gasteiger partial charge in [0.2, 0.25) is 5.91 Å². The molecule has 1 saturated carbocycles. The lowest BCUT2D eigenvalue weighted by Gasteiger charge is -2.15. The highest BCUT2D eigenvalue weighted by atomic mass is 19.3. The number of benzene rings is 2. The van der Waals surface area contributed by atoms with Crippen LogP contribution in [0.3, 0.4) is 0 Å². The summed E-state index contributed by atoms with van der Waals surface area (Å²) in [6.07, 6.45) is 1.86. The van der Waals surface area contributed by atoms with Gasteiger partial charge in [-0.2, -0.15) is 8.78 Å². The fourth-order valence-electron chi connectivity index (χ4n) is 2.60. The number of anilines is 1. The molecule has 1 unspecified atom stereocenters. The number of halogens is 2. The van der Waals surface area contributed by atoms with Crippen LogP contribution in [0, 0.1) is 5.92 Å². The van der Waals surface area contributed by atoms with E-state index in [0.717, 1.165) is 18.4 Å². The van der Waals surface area contributed by atoms with Crippen molar-refractivity contribution in [2.45, 2.75) is 32.4 Å². The molecular formula is C20H20F2N2O3. The number of carbonyl (C=O) groups excluding carboxylic acids is 2. The highest BCUT2D eigenvalue weighted by Crippen LogP contribution is 2.30. The number of alkyl halides is 2. The highest BCUT2D eigenvalue weighted by molar-refractivity contribution is 5.96. The van der Waals surface area contributed by atoms with Crippen LogP contribution in [0.4, 0.5) is 14.5 Å². The van der Waals surface area contributed by atoms with Gasteiger partial charge in [0.15, 0.2) is 0 Å². The summed E-state index contributed by atoms with van der Waals surface area (Å²) in [5, 5.41) is 5.67. The molecule has 2 aromatic carbocycles. The SMILES string of the molecule is CC(NC(=O)c1ccc(NC(=O)C2CC2)cc1)c1ccc(OC(F)F)cc1. The first kappa shape index (κ1) is 18.8. The Balaban J connectivity index is 1.56. The lowest BCUT2D eigenvalue weighted by Crippen LogP contribution is -2.26. The fourth-order valence-corrected chi connectivity index (χ4v) is 2.60. The van der Waals surface area contributed by atoms with E-state index in [9.17, 15) is 18.4 Å². The van der Waals surface area contributed by atoms with Crippen molar-refractivity contribution in [2.75, 3.05) is 5.32 Å². The van der Waals surface area contributed by atoms with Gasteiger partial charge in [-0.05, 0) is 61.7 Å². The van der Waals surface area contributed by atoms with Crippen LogP contribution in [-0.4, -0.2) is 18.4 Å². The minimum absolute atomic E-state index is 0.0140. The molecule has 3 rings (SSSR count). The standard InChI is InChI=1S/C20H20F2N2O3/c1-12(13-6-10-17(11-7-13)27-20(21)22)23-18(25)15-4-8-16(9-5-15)24-19(26)14-2-3-14/h4-12,14,20H,2-3H2,1H3,(H,23,25)(H,24,26). The van der Waals surface area contributed by atoms with Gasteiger partial charge in [0.1, 0.15) is 5.75 Å². The third-order valence-electron chi connectivity index (χ3n) is 4.32. The average Bonchev–Trinajstić information content (AvgIpc) is 3.47. The van der Waals surface area contributed by atoms with Crippen LogP contribution in [0.5, 0.6) is 5.75 Å². The first-order chi connectivity index (χ1) is 12.9. The van der Waals surface area contributed by atoms with Gasteiger partial charge in [0, 0.05) is 17.2 Å². The normalized spacial score (nSPS) is 14.5. The lowest BCUT2D eigenvalue weighted by atomic mass is 10.1. The largest absolute Gasteiger partial charge is 0.435 e. The van der Waals surface area contributed by atoms with Crippen LogP contribution in [0.15, 0.2) is 48.5 Å². The molecule has 27 heavy (non-hydrogen) atoms. The smallest absolute Gasteiger partial charge is 0.387 e. The first-order valence-electron chi connectivity index (χ1n) is 8.69. The van der Waals surface area contributed by atoms with Crippen LogP contribution < -0.4 is 15.4 Å². The topological polar surface area (TPSA) is 67.4 Å². The van der Waals surface area contributed by atoms with Gasteiger partial charge in [-0.15, -0.1) is 0 Å². The van der Waals surface area contributed by atoms with E-state index >= 15 is 0 Å². The molecule has 1 fully saturated rings. The maximum atomic E-state index is 12.4. The summed E-state index contributed by atoms with van der Waals surface area (Å²) in [7, 11) is 0. The predicted molar refractivity (Wildman–Crippen MR) is 96.8 cm³/mol. The molecule has 5 nitrogen and oxygen atoms in total. The fraction of sp³-hybridized carbons (Fsp3) is 0.300. The van der Waals surface area contributed by atoms with Crippen molar-refractivity contribution in [3.05, 3.63) is 59.7 Å². The van der Waals surface area contributed by atoms with E-state index in [1.165, 1.54) is 12.1 Å². The molecule has 2 N–H and O–H groups in total. The second-order valence-electron chi connectivity index (χ2n) is 6.48. The zero-order chi connectivity index (χ0) is 19.4. The summed E-state index contributed by atoms with van der Waals surface area (Å²) >= 11 is 0. The van der Waals surface area contributed by atoms with Gasteiger partial charge < -0.3 is 15.4 Å². The van der Waals surface area contributed by atoms with Crippen molar-refractivity contribution in [3.8, 4) is 5.75 Å². The molecule has 1 atom stereocenters. The number of carbonyl (C=O) groups is 2. The molecule has 2 aromatic rings. The summed E-state index contributed by atoms with van der Waals surface area (Å²) < 4.78 is 28.7. The quantitative estimate of drug-likeness (QED) is 0.766. The zero-order valence-electron chi connectivity index (χ0n) is 14.7. The highest BCUT2D eigenvalue weighted by Gasteiger charge is 2.29. The molecule has 2 amide bonds. The average molecular weight is 374 g/mol. The Kier molecular flexibility index (Phi) is 5.69. The van der Waals surface area contributed by atoms with Gasteiger partial charge in [0.05, 0.1) is 6.04 Å². The maximum absolute atomic E-state index is 12.4. The van der Waals surface area contributed by atoms with Gasteiger partial charge in [0.25, 0.3) is 5.91 Å². The molecule has 7 heteroatoms. The van der Waals surface area contributed by atoms with E-state index in [4.69, 9.17) is 0 Å². The van der Waals surface area contributed by atoms with Crippen LogP contribution in [0.25, 0.3) is 0 Å². The van der Waals surface area contributed by atoms with E-state index < -0.39 is 6.61 Å². The van der Waals surface area contributed by atoms with Crippen molar-refractivity contribution in [2.24, 2.45) is 5.92 Å². The molecule has 142 valence electrons. The Morgan fingerprint density at radius 3 is 2.22 bits per heavy atom. The van der Waals surface area contributed by atoms with Crippen molar-refractivity contribution in [3.63, 3.8) is 0 Å². The molecule has 1 aliphatic carbocycles. The van der Waals surface area contributed by atoms with Crippen molar-refractivity contribution in [1.82, 2.24) is 5.32 Å². The molecule has 1 aliphatic rings. The predicted octanol–water partition coefficient (Wildman–Crippen LogP) is 4.13. The zero-order valence-corrected chi connectivity index (χ0v) is 14.7. The van der Waals surface area contributed by atoms with E-state index in [-0.39, 0.29) is 29.5 Å². The Labute approximate surface area is 155 Å². The lowest BCUT2D eigenvalue weighted by molar-refractivity contribution is -0.117. The monoisotopic (exact) mass is 374 g/mol. The van der Waals surface area contributed by atoms with E-state index in [2.05, 4.69) is 15.4 Å². The maximum Gasteiger partial charge on any atom is 0.387 e. The molecule has 0 aliphatic heterocycles. The van der Waals surface area contributed by atoms with Crippen molar-refractivity contribution >= 4 is 17.5 Å². The third-order valence-corrected chi connectivity index (χ3v) is 4.32. The summed E-state index contributed by atoms with van der Waals surface area (Å²) in [6, 6.07) is 12.5. The molecule has 0 heterocycles. The molecule has 0 radical (unpaired) electrons. The van der Waals surface area contributed by atoms with Crippen LogP contribution in [0.1, 0.15) is 41.7 Å². The molecule has 0 bridgehead atoms. The summed E-state index contributed by atoms with van der Waals surface area (Å²) in [5.41, 5.74) is 1.88. The van der Waals surface area contributed by atoms with E-state index in [1.54, 1.807) is 43.3 Å². The van der Waals surface area contributed by atoms with Gasteiger partial charge in [-0.25, -0.2) is 0 Å². The summed E-state index contributed by atoms with van der Waals surface area (Å²) in [5.74, 6) is -0.0713. The molecule has 0 saturated heterocycles. The number of amides is 2. The molecular weight excluding hydrogens is 354 g/mol. The Bertz CT molecular complexity index is 803. The number of rotatable bonds is 7. The number of hydrogen-bond acceptors (Lipinski definition) is 3. The Hall–Kier alpha value is -2.96. The van der Waals surface area contributed by atoms with Crippen molar-refractivity contribution in [1.29, 1.82) is 0 Å². The third kappa shape index (κ3) is 5.26. The Morgan fingerprint density at radius 2 is 1.67 bits per heavy atom. The molecule has 0 aromatic heterocycles. The molecule has 0 spiro atoms. The van der Waals surface area contributed by atoms with E-state index in [0.29, 0.717) is 11.3 Å². The minimum Gasteiger partial charge on any atom is -0.435 e. The first-order valence-corrected chi connectivity index (χ1v) is 8.69. The van der Waals surface area contributed by atoms with Gasteiger partial charge in [-0.1, -0.05) is 12.1 Å². The summed E-state index contributed by atoms with van der Waals surface area (Å²) in [6.45, 7) is -1.07. The number of nitrogens with one attached hydrogen (secondary N) is 2. The second kappa shape index (κ2) is 8.16. The van der Waals surface area contributed by atoms with Gasteiger partial charge in [-0.3, -0.25) is 9.59 Å². The van der Waals surface area contributed by atoms with E-state index in [1.807, 2.05) is 0 Å². The minimum atomic E-state index is -2.87. The van der Waals surface area contributed by atoms with Gasteiger partial charge >= 0.3 is 6.61 Å². The Morgan fingerprint density at radius 1 is 1.04 bits per heavy atom. The van der Waals surface area contributed by atoms with Crippen LogP contribution >= 0.6 is 0 Å². The number of ether oxygens (including phenoxy) is 1. The summed E-state index contributed by atoms with van der Waals surface area (Å²) in [4.78, 5) is 24.1. The van der Waals surface area contributed by atoms with Crippen LogP contribution in [-0.2, 0) is 4.79 Å².